The normalized spacial score (nSPS) is 10.8. The fraction of sp³-hybridized carbons (Fsp3) is 0.538. The number of nitrogens with one attached hydrogen (secondary N) is 1. The summed E-state index contributed by atoms with van der Waals surface area (Å²) in [6.07, 6.45) is 0.757. The average Bonchev–Trinajstić information content (AvgIpc) is 2.30. The molecule has 0 saturated carbocycles. The van der Waals surface area contributed by atoms with Gasteiger partial charge >= 0.3 is 0 Å². The van der Waals surface area contributed by atoms with Gasteiger partial charge in [0, 0.05) is 35.4 Å². The maximum absolute atomic E-state index is 5.48. The number of ether oxygens (including phenoxy) is 2. The molecule has 0 aliphatic rings. The lowest BCUT2D eigenvalue weighted by atomic mass is 10.3. The molecule has 0 heterocycles. The minimum Gasteiger partial charge on any atom is -0.385 e. The second-order valence-electron chi connectivity index (χ2n) is 3.57. The fourth-order valence-corrected chi connectivity index (χ4v) is 2.06. The topological polar surface area (TPSA) is 30.5 Å². The van der Waals surface area contributed by atoms with Gasteiger partial charge in [-0.25, -0.2) is 0 Å². The molecule has 0 aliphatic heterocycles. The zero-order valence-corrected chi connectivity index (χ0v) is 12.6. The van der Waals surface area contributed by atoms with Crippen LogP contribution in [0.2, 0.25) is 0 Å². The summed E-state index contributed by atoms with van der Waals surface area (Å²) in [5.74, 6) is 0. The molecule has 0 saturated heterocycles. The van der Waals surface area contributed by atoms with Crippen molar-refractivity contribution >= 4 is 28.3 Å². The Hall–Kier alpha value is -0.330. The third-order valence-electron chi connectivity index (χ3n) is 2.24. The molecule has 1 aromatic rings. The SMILES string of the molecule is CCOC(CCNc1cccc(I)c1)OCC. The first-order chi connectivity index (χ1) is 8.26. The van der Waals surface area contributed by atoms with Gasteiger partial charge in [-0.3, -0.25) is 0 Å². The monoisotopic (exact) mass is 349 g/mol. The molecular weight excluding hydrogens is 329 g/mol. The molecular formula is C13H20INO2. The van der Waals surface area contributed by atoms with Crippen LogP contribution in [0, 0.1) is 3.57 Å². The van der Waals surface area contributed by atoms with Crippen molar-refractivity contribution in [3.63, 3.8) is 0 Å². The Balaban J connectivity index is 2.30. The minimum absolute atomic E-state index is 0.0970. The molecule has 0 radical (unpaired) electrons. The lowest BCUT2D eigenvalue weighted by Gasteiger charge is -2.17. The van der Waals surface area contributed by atoms with E-state index in [9.17, 15) is 0 Å². The highest BCUT2D eigenvalue weighted by atomic mass is 127. The van der Waals surface area contributed by atoms with Gasteiger partial charge in [0.25, 0.3) is 0 Å². The van der Waals surface area contributed by atoms with E-state index in [1.807, 2.05) is 19.9 Å². The van der Waals surface area contributed by atoms with Crippen LogP contribution in [0.25, 0.3) is 0 Å². The molecule has 1 aromatic carbocycles. The zero-order chi connectivity index (χ0) is 12.5. The van der Waals surface area contributed by atoms with E-state index >= 15 is 0 Å². The second kappa shape index (κ2) is 8.72. The first-order valence-electron chi connectivity index (χ1n) is 5.99. The number of halogens is 1. The van der Waals surface area contributed by atoms with Gasteiger partial charge in [0.15, 0.2) is 6.29 Å². The minimum atomic E-state index is -0.0970. The van der Waals surface area contributed by atoms with E-state index in [-0.39, 0.29) is 6.29 Å². The number of anilines is 1. The van der Waals surface area contributed by atoms with Gasteiger partial charge in [0.05, 0.1) is 0 Å². The standard InChI is InChI=1S/C13H20INO2/c1-3-16-13(17-4-2)8-9-15-12-7-5-6-11(14)10-12/h5-7,10,13,15H,3-4,8-9H2,1-2H3. The number of hydrogen-bond acceptors (Lipinski definition) is 3. The van der Waals surface area contributed by atoms with Crippen molar-refractivity contribution in [1.82, 2.24) is 0 Å². The van der Waals surface area contributed by atoms with Crippen LogP contribution < -0.4 is 5.32 Å². The summed E-state index contributed by atoms with van der Waals surface area (Å²) in [6.45, 7) is 6.20. The molecule has 4 heteroatoms. The van der Waals surface area contributed by atoms with E-state index < -0.39 is 0 Å². The summed E-state index contributed by atoms with van der Waals surface area (Å²) in [4.78, 5) is 0. The molecule has 0 aromatic heterocycles. The lowest BCUT2D eigenvalue weighted by Crippen LogP contribution is -2.21. The van der Waals surface area contributed by atoms with Crippen LogP contribution in [0.5, 0.6) is 0 Å². The third-order valence-corrected chi connectivity index (χ3v) is 2.91. The predicted octanol–water partition coefficient (Wildman–Crippen LogP) is 3.49. The van der Waals surface area contributed by atoms with Crippen molar-refractivity contribution in [2.75, 3.05) is 25.1 Å². The van der Waals surface area contributed by atoms with E-state index in [0.29, 0.717) is 13.2 Å². The summed E-state index contributed by atoms with van der Waals surface area (Å²) in [7, 11) is 0. The summed E-state index contributed by atoms with van der Waals surface area (Å²) in [6, 6.07) is 8.32. The summed E-state index contributed by atoms with van der Waals surface area (Å²) < 4.78 is 12.2. The van der Waals surface area contributed by atoms with Gasteiger partial charge in [0.1, 0.15) is 0 Å². The van der Waals surface area contributed by atoms with Gasteiger partial charge in [-0.15, -0.1) is 0 Å². The maximum Gasteiger partial charge on any atom is 0.159 e. The molecule has 0 spiro atoms. The van der Waals surface area contributed by atoms with Crippen molar-refractivity contribution < 1.29 is 9.47 Å². The Labute approximate surface area is 117 Å². The van der Waals surface area contributed by atoms with Crippen LogP contribution in [-0.4, -0.2) is 26.0 Å². The van der Waals surface area contributed by atoms with Gasteiger partial charge in [-0.2, -0.15) is 0 Å². The van der Waals surface area contributed by atoms with Gasteiger partial charge in [-0.05, 0) is 54.6 Å². The van der Waals surface area contributed by atoms with Crippen molar-refractivity contribution in [3.05, 3.63) is 27.8 Å². The summed E-state index contributed by atoms with van der Waals surface area (Å²) in [5, 5.41) is 3.37. The van der Waals surface area contributed by atoms with E-state index in [4.69, 9.17) is 9.47 Å². The highest BCUT2D eigenvalue weighted by Gasteiger charge is 2.06. The molecule has 0 fully saturated rings. The van der Waals surface area contributed by atoms with Gasteiger partial charge < -0.3 is 14.8 Å². The van der Waals surface area contributed by atoms with Crippen molar-refractivity contribution in [3.8, 4) is 0 Å². The van der Waals surface area contributed by atoms with Crippen LogP contribution in [0.3, 0.4) is 0 Å². The predicted molar refractivity (Wildman–Crippen MR) is 79.3 cm³/mol. The highest BCUT2D eigenvalue weighted by Crippen LogP contribution is 2.12. The van der Waals surface area contributed by atoms with E-state index in [1.165, 1.54) is 3.57 Å². The van der Waals surface area contributed by atoms with Gasteiger partial charge in [0.2, 0.25) is 0 Å². The average molecular weight is 349 g/mol. The second-order valence-corrected chi connectivity index (χ2v) is 4.81. The van der Waals surface area contributed by atoms with Crippen molar-refractivity contribution in [2.24, 2.45) is 0 Å². The van der Waals surface area contributed by atoms with Crippen LogP contribution >= 0.6 is 22.6 Å². The van der Waals surface area contributed by atoms with Crippen molar-refractivity contribution in [2.45, 2.75) is 26.6 Å². The Bertz CT molecular complexity index is 314. The Morgan fingerprint density at radius 3 is 2.53 bits per heavy atom. The molecule has 3 nitrogen and oxygen atoms in total. The van der Waals surface area contributed by atoms with E-state index in [0.717, 1.165) is 18.7 Å². The maximum atomic E-state index is 5.48. The van der Waals surface area contributed by atoms with Gasteiger partial charge in [-0.1, -0.05) is 6.07 Å². The quantitative estimate of drug-likeness (QED) is 0.576. The fourth-order valence-electron chi connectivity index (χ4n) is 1.52. The van der Waals surface area contributed by atoms with E-state index in [2.05, 4.69) is 46.1 Å². The molecule has 17 heavy (non-hydrogen) atoms. The highest BCUT2D eigenvalue weighted by molar-refractivity contribution is 14.1. The number of benzene rings is 1. The largest absolute Gasteiger partial charge is 0.385 e. The summed E-state index contributed by atoms with van der Waals surface area (Å²) in [5.41, 5.74) is 1.14. The number of rotatable bonds is 8. The molecule has 0 bridgehead atoms. The molecule has 1 rings (SSSR count). The Kier molecular flexibility index (Phi) is 7.55. The molecule has 0 atom stereocenters. The van der Waals surface area contributed by atoms with Crippen LogP contribution in [0.4, 0.5) is 5.69 Å². The van der Waals surface area contributed by atoms with Crippen LogP contribution in [0.1, 0.15) is 20.3 Å². The van der Waals surface area contributed by atoms with E-state index in [1.54, 1.807) is 0 Å². The first kappa shape index (κ1) is 14.7. The molecule has 96 valence electrons. The third kappa shape index (κ3) is 6.24. The Morgan fingerprint density at radius 1 is 1.24 bits per heavy atom. The summed E-state index contributed by atoms with van der Waals surface area (Å²) >= 11 is 2.31. The Morgan fingerprint density at radius 2 is 1.94 bits per heavy atom. The molecule has 0 amide bonds. The lowest BCUT2D eigenvalue weighted by molar-refractivity contribution is -0.137. The molecule has 0 aliphatic carbocycles. The molecule has 0 unspecified atom stereocenters. The molecule has 1 N–H and O–H groups in total. The van der Waals surface area contributed by atoms with Crippen LogP contribution in [0.15, 0.2) is 24.3 Å². The zero-order valence-electron chi connectivity index (χ0n) is 10.4. The smallest absolute Gasteiger partial charge is 0.159 e. The van der Waals surface area contributed by atoms with Crippen molar-refractivity contribution in [1.29, 1.82) is 0 Å². The first-order valence-corrected chi connectivity index (χ1v) is 7.06. The van der Waals surface area contributed by atoms with Crippen LogP contribution in [-0.2, 0) is 9.47 Å². The number of hydrogen-bond donors (Lipinski definition) is 1.